The van der Waals surface area contributed by atoms with Crippen molar-refractivity contribution in [2.24, 2.45) is 19.2 Å². The van der Waals surface area contributed by atoms with Crippen LogP contribution in [0.5, 0.6) is 0 Å². The summed E-state index contributed by atoms with van der Waals surface area (Å²) in [5, 5.41) is 4.17. The Morgan fingerprint density at radius 2 is 1.73 bits per heavy atom. The lowest BCUT2D eigenvalue weighted by atomic mass is 10.2. The molecule has 2 heterocycles. The van der Waals surface area contributed by atoms with E-state index < -0.39 is 11.2 Å². The molecule has 2 aromatic carbocycles. The molecule has 0 fully saturated rings. The van der Waals surface area contributed by atoms with Gasteiger partial charge in [-0.2, -0.15) is 10.1 Å². The van der Waals surface area contributed by atoms with Gasteiger partial charge in [0.25, 0.3) is 5.56 Å². The third-order valence-corrected chi connectivity index (χ3v) is 4.78. The van der Waals surface area contributed by atoms with Crippen LogP contribution in [0.2, 0.25) is 0 Å². The molecule has 0 radical (unpaired) electrons. The predicted octanol–water partition coefficient (Wildman–Crippen LogP) is 2.07. The molecule has 9 heteroatoms. The van der Waals surface area contributed by atoms with Crippen LogP contribution in [-0.4, -0.2) is 24.9 Å². The van der Waals surface area contributed by atoms with Crippen LogP contribution in [0.4, 0.5) is 10.3 Å². The first-order valence-corrected chi connectivity index (χ1v) is 9.20. The van der Waals surface area contributed by atoms with E-state index in [1.165, 1.54) is 30.0 Å². The number of nitrogens with zero attached hydrogens (tertiary/aromatic N) is 5. The zero-order valence-electron chi connectivity index (χ0n) is 16.4. The summed E-state index contributed by atoms with van der Waals surface area (Å²) in [5.74, 6) is -0.0213. The Morgan fingerprint density at radius 1 is 1.03 bits per heavy atom. The zero-order valence-corrected chi connectivity index (χ0v) is 16.4. The fourth-order valence-corrected chi connectivity index (χ4v) is 3.17. The molecule has 0 atom stereocenters. The molecular weight excluding hydrogens is 387 g/mol. The van der Waals surface area contributed by atoms with E-state index in [0.717, 1.165) is 10.1 Å². The zero-order chi connectivity index (χ0) is 21.3. The van der Waals surface area contributed by atoms with Crippen molar-refractivity contribution in [3.63, 3.8) is 0 Å². The molecule has 1 N–H and O–H groups in total. The molecule has 0 spiro atoms. The minimum absolute atomic E-state index is 0.263. The maximum absolute atomic E-state index is 13.1. The lowest BCUT2D eigenvalue weighted by molar-refractivity contribution is 0.628. The minimum Gasteiger partial charge on any atom is -0.298 e. The quantitative estimate of drug-likeness (QED) is 0.406. The van der Waals surface area contributed by atoms with Crippen molar-refractivity contribution in [3.05, 3.63) is 92.4 Å². The van der Waals surface area contributed by atoms with Gasteiger partial charge in [0.05, 0.1) is 12.8 Å². The van der Waals surface area contributed by atoms with Gasteiger partial charge in [0, 0.05) is 14.1 Å². The smallest absolute Gasteiger partial charge is 0.298 e. The highest BCUT2D eigenvalue weighted by atomic mass is 19.1. The van der Waals surface area contributed by atoms with Crippen molar-refractivity contribution in [1.29, 1.82) is 0 Å². The van der Waals surface area contributed by atoms with Crippen molar-refractivity contribution >= 4 is 23.3 Å². The standard InChI is InChI=1S/C21H19FN6O2/c1-26-18-17(19(29)27(2)21(26)30)28(13-15-6-4-3-5-7-15)20(24-18)25-23-12-14-8-10-16(22)11-9-14/h3-12H,13H2,1-2H3,(H,24,25). The van der Waals surface area contributed by atoms with Crippen LogP contribution in [0.25, 0.3) is 11.2 Å². The summed E-state index contributed by atoms with van der Waals surface area (Å²) in [6.45, 7) is 0.360. The Labute approximate surface area is 170 Å². The summed E-state index contributed by atoms with van der Waals surface area (Å²) in [7, 11) is 3.00. The molecule has 0 amide bonds. The first kappa shape index (κ1) is 19.3. The molecule has 8 nitrogen and oxygen atoms in total. The molecule has 30 heavy (non-hydrogen) atoms. The Balaban J connectivity index is 1.81. The average molecular weight is 406 g/mol. The lowest BCUT2D eigenvalue weighted by Crippen LogP contribution is -2.37. The maximum atomic E-state index is 13.1. The van der Waals surface area contributed by atoms with Crippen molar-refractivity contribution in [2.75, 3.05) is 5.43 Å². The molecule has 4 aromatic rings. The number of rotatable bonds is 5. The van der Waals surface area contributed by atoms with Gasteiger partial charge in [0.15, 0.2) is 11.2 Å². The summed E-state index contributed by atoms with van der Waals surface area (Å²) in [6.07, 6.45) is 1.52. The number of fused-ring (bicyclic) bond motifs is 1. The van der Waals surface area contributed by atoms with E-state index in [1.807, 2.05) is 30.3 Å². The number of hydrazone groups is 1. The van der Waals surface area contributed by atoms with Crippen molar-refractivity contribution < 1.29 is 4.39 Å². The highest BCUT2D eigenvalue weighted by Crippen LogP contribution is 2.18. The van der Waals surface area contributed by atoms with E-state index in [1.54, 1.807) is 23.7 Å². The normalized spacial score (nSPS) is 11.4. The second-order valence-corrected chi connectivity index (χ2v) is 6.81. The second-order valence-electron chi connectivity index (χ2n) is 6.81. The number of hydrogen-bond acceptors (Lipinski definition) is 5. The molecule has 152 valence electrons. The number of aryl methyl sites for hydroxylation is 1. The molecule has 0 aliphatic heterocycles. The van der Waals surface area contributed by atoms with Gasteiger partial charge in [-0.1, -0.05) is 42.5 Å². The van der Waals surface area contributed by atoms with Crippen molar-refractivity contribution in [1.82, 2.24) is 18.7 Å². The molecule has 0 saturated heterocycles. The van der Waals surface area contributed by atoms with Gasteiger partial charge in [0.2, 0.25) is 5.95 Å². The third-order valence-electron chi connectivity index (χ3n) is 4.78. The average Bonchev–Trinajstić information content (AvgIpc) is 3.11. The van der Waals surface area contributed by atoms with Crippen LogP contribution in [0, 0.1) is 5.82 Å². The second kappa shape index (κ2) is 7.78. The van der Waals surface area contributed by atoms with Crippen LogP contribution >= 0.6 is 0 Å². The van der Waals surface area contributed by atoms with Gasteiger partial charge in [0.1, 0.15) is 5.82 Å². The van der Waals surface area contributed by atoms with Gasteiger partial charge in [-0.25, -0.2) is 14.6 Å². The highest BCUT2D eigenvalue weighted by molar-refractivity contribution is 5.80. The fourth-order valence-electron chi connectivity index (χ4n) is 3.17. The number of nitrogens with one attached hydrogen (secondary N) is 1. The number of benzene rings is 2. The summed E-state index contributed by atoms with van der Waals surface area (Å²) < 4.78 is 17.1. The minimum atomic E-state index is -0.460. The number of hydrogen-bond donors (Lipinski definition) is 1. The summed E-state index contributed by atoms with van der Waals surface area (Å²) >= 11 is 0. The van der Waals surface area contributed by atoms with Gasteiger partial charge < -0.3 is 0 Å². The molecule has 0 unspecified atom stereocenters. The molecular formula is C21H19FN6O2. The molecule has 0 aliphatic carbocycles. The number of anilines is 1. The molecule has 0 bridgehead atoms. The van der Waals surface area contributed by atoms with Gasteiger partial charge >= 0.3 is 5.69 Å². The van der Waals surface area contributed by atoms with Gasteiger partial charge in [-0.05, 0) is 23.3 Å². The topological polar surface area (TPSA) is 86.2 Å². The molecule has 2 aromatic heterocycles. The van der Waals surface area contributed by atoms with Crippen molar-refractivity contribution in [2.45, 2.75) is 6.54 Å². The highest BCUT2D eigenvalue weighted by Gasteiger charge is 2.19. The van der Waals surface area contributed by atoms with E-state index in [0.29, 0.717) is 23.6 Å². The number of imidazole rings is 1. The first-order chi connectivity index (χ1) is 14.5. The third kappa shape index (κ3) is 3.52. The molecule has 4 rings (SSSR count). The van der Waals surface area contributed by atoms with E-state index >= 15 is 0 Å². The van der Waals surface area contributed by atoms with Crippen molar-refractivity contribution in [3.8, 4) is 0 Å². The number of aromatic nitrogens is 4. The van der Waals surface area contributed by atoms with Gasteiger partial charge in [-0.15, -0.1) is 0 Å². The maximum Gasteiger partial charge on any atom is 0.332 e. The molecule has 0 aliphatic rings. The molecule has 0 saturated carbocycles. The Hall–Kier alpha value is -4.01. The van der Waals surface area contributed by atoms with Gasteiger partial charge in [-0.3, -0.25) is 18.5 Å². The summed E-state index contributed by atoms with van der Waals surface area (Å²) in [4.78, 5) is 29.6. The predicted molar refractivity (Wildman–Crippen MR) is 113 cm³/mol. The largest absolute Gasteiger partial charge is 0.332 e. The van der Waals surface area contributed by atoms with E-state index in [2.05, 4.69) is 15.5 Å². The summed E-state index contributed by atoms with van der Waals surface area (Å²) in [5.41, 5.74) is 4.15. The van der Waals surface area contributed by atoms with Crippen LogP contribution in [0.15, 0.2) is 69.3 Å². The first-order valence-electron chi connectivity index (χ1n) is 9.20. The summed E-state index contributed by atoms with van der Waals surface area (Å²) in [6, 6.07) is 15.4. The van der Waals surface area contributed by atoms with Crippen LogP contribution in [0.3, 0.4) is 0 Å². The fraction of sp³-hybridized carbons (Fsp3) is 0.143. The Kier molecular flexibility index (Phi) is 5.01. The number of halogens is 1. The van der Waals surface area contributed by atoms with E-state index in [-0.39, 0.29) is 11.5 Å². The van der Waals surface area contributed by atoms with Crippen LogP contribution < -0.4 is 16.7 Å². The Morgan fingerprint density at radius 3 is 2.43 bits per heavy atom. The monoisotopic (exact) mass is 406 g/mol. The lowest BCUT2D eigenvalue weighted by Gasteiger charge is -2.09. The SMILES string of the molecule is Cn1c(=O)c2c(nc(NN=Cc3ccc(F)cc3)n2Cc2ccccc2)n(C)c1=O. The van der Waals surface area contributed by atoms with Crippen LogP contribution in [-0.2, 0) is 20.6 Å². The Bertz CT molecular complexity index is 1350. The van der Waals surface area contributed by atoms with Crippen LogP contribution in [0.1, 0.15) is 11.1 Å². The van der Waals surface area contributed by atoms with E-state index in [9.17, 15) is 14.0 Å². The van der Waals surface area contributed by atoms with E-state index in [4.69, 9.17) is 0 Å².